The van der Waals surface area contributed by atoms with Crippen molar-refractivity contribution < 1.29 is 66.6 Å². The number of H-pyrrole nitrogens is 2. The second kappa shape index (κ2) is 38.8. The molecule has 666 valence electrons. The van der Waals surface area contributed by atoms with Gasteiger partial charge in [0.15, 0.2) is 0 Å². The van der Waals surface area contributed by atoms with Gasteiger partial charge in [0.1, 0.15) is 35.8 Å². The molecule has 6 N–H and O–H groups in total. The van der Waals surface area contributed by atoms with E-state index in [4.69, 9.17) is 38.5 Å². The third-order valence-corrected chi connectivity index (χ3v) is 27.0. The highest BCUT2D eigenvalue weighted by Crippen LogP contribution is 2.48. The number of ether oxygens (including phenoxy) is 4. The molecule has 0 radical (unpaired) electrons. The first-order valence-corrected chi connectivity index (χ1v) is 43.8. The van der Waals surface area contributed by atoms with Gasteiger partial charge in [-0.2, -0.15) is 0 Å². The van der Waals surface area contributed by atoms with E-state index < -0.39 is 48.5 Å². The van der Waals surface area contributed by atoms with E-state index in [0.29, 0.717) is 37.8 Å². The Morgan fingerprint density at radius 3 is 1.29 bits per heavy atom. The van der Waals surface area contributed by atoms with E-state index in [1.165, 1.54) is 28.4 Å². The number of nitrogens with zero attached hydrogens (tertiary/aromatic N) is 8. The molecule has 8 aromatic rings. The summed E-state index contributed by atoms with van der Waals surface area (Å²) in [5.41, 5.74) is 12.9. The van der Waals surface area contributed by atoms with E-state index in [0.717, 1.165) is 175 Å². The summed E-state index contributed by atoms with van der Waals surface area (Å²) in [5.74, 6) is 1.77. The van der Waals surface area contributed by atoms with Crippen LogP contribution in [0.4, 0.5) is 19.2 Å². The monoisotopic (exact) mass is 1780 g/mol. The van der Waals surface area contributed by atoms with Crippen molar-refractivity contribution in [2.45, 2.75) is 226 Å². The Bertz CT molecular complexity index is 5510. The molecule has 2 aliphatic carbocycles. The molecule has 4 bridgehead atoms. The zero-order chi connectivity index (χ0) is 87.7. The highest BCUT2D eigenvalue weighted by Gasteiger charge is 2.55. The normalized spacial score (nSPS) is 22.5. The van der Waals surface area contributed by atoms with Crippen molar-refractivity contribution in [3.63, 3.8) is 0 Å². The number of nitrogens with one attached hydrogen (secondary N) is 6. The van der Waals surface area contributed by atoms with Crippen molar-refractivity contribution in [2.75, 3.05) is 41.5 Å². The molecule has 17 rings (SSSR count). The molecule has 0 unspecified atom stereocenters. The molecule has 8 amide bonds. The minimum Gasteiger partial charge on any atom is -0.453 e. The van der Waals surface area contributed by atoms with Crippen LogP contribution < -0.4 is 26.7 Å². The number of fused-ring (bicyclic) bond motifs is 6. The van der Waals surface area contributed by atoms with Gasteiger partial charge in [0.25, 0.3) is 0 Å². The number of halogens is 1. The van der Waals surface area contributed by atoms with Gasteiger partial charge < -0.3 is 79.1 Å². The van der Waals surface area contributed by atoms with Gasteiger partial charge in [0, 0.05) is 66.3 Å². The van der Waals surface area contributed by atoms with Crippen LogP contribution in [0.3, 0.4) is 0 Å². The van der Waals surface area contributed by atoms with Crippen LogP contribution in [0.1, 0.15) is 189 Å². The van der Waals surface area contributed by atoms with E-state index in [1.54, 1.807) is 31.9 Å². The minimum atomic E-state index is -0.683. The quantitative estimate of drug-likeness (QED) is 0.0324. The lowest BCUT2D eigenvalue weighted by Gasteiger charge is -2.37. The summed E-state index contributed by atoms with van der Waals surface area (Å²) < 4.78 is 32.3. The number of likely N-dealkylation sites (tertiary alicyclic amines) is 4. The van der Waals surface area contributed by atoms with E-state index in [1.807, 2.05) is 71.4 Å². The van der Waals surface area contributed by atoms with Gasteiger partial charge in [-0.3, -0.25) is 29.2 Å². The molecule has 9 aliphatic rings. The third kappa shape index (κ3) is 19.3. The van der Waals surface area contributed by atoms with Crippen molar-refractivity contribution in [2.24, 2.45) is 27.7 Å². The Hall–Kier alpha value is -11.5. The largest absolute Gasteiger partial charge is 0.494 e. The van der Waals surface area contributed by atoms with Crippen LogP contribution in [-0.2, 0) is 47.4 Å². The maximum Gasteiger partial charge on any atom is 0.494 e. The lowest BCUT2D eigenvalue weighted by Crippen LogP contribution is -2.55. The number of hydrogen-bond acceptors (Lipinski definition) is 18. The molecule has 7 fully saturated rings. The predicted octanol–water partition coefficient (Wildman–Crippen LogP) is 16.2. The first-order valence-electron chi connectivity index (χ1n) is 43.0. The van der Waals surface area contributed by atoms with E-state index in [-0.39, 0.29) is 99.0 Å². The topological polar surface area (TPSA) is 335 Å². The van der Waals surface area contributed by atoms with Crippen LogP contribution in [-0.4, -0.2) is 207 Å². The van der Waals surface area contributed by atoms with Crippen LogP contribution in [0.15, 0.2) is 161 Å². The maximum absolute atomic E-state index is 13.6. The summed E-state index contributed by atoms with van der Waals surface area (Å²) in [6.07, 6.45) is 16.0. The third-order valence-electron chi connectivity index (χ3n) is 26.5. The minimum absolute atomic E-state index is 0. The summed E-state index contributed by atoms with van der Waals surface area (Å²) in [5, 5.41) is 15.1. The maximum atomic E-state index is 13.6. The van der Waals surface area contributed by atoms with Crippen LogP contribution >= 0.6 is 15.9 Å². The molecular formula is C96H118BBrN14O14. The number of methoxy groups -OCH3 is 4. The molecule has 2 saturated carbocycles. The number of aromatic nitrogens is 4. The number of rotatable bonds is 19. The van der Waals surface area contributed by atoms with Gasteiger partial charge in [0.2, 0.25) is 23.6 Å². The van der Waals surface area contributed by atoms with Crippen LogP contribution in [0.5, 0.6) is 0 Å². The number of aliphatic imine (C=N–C) groups is 2. The second-order valence-corrected chi connectivity index (χ2v) is 36.1. The van der Waals surface area contributed by atoms with Gasteiger partial charge >= 0.3 is 31.5 Å². The van der Waals surface area contributed by atoms with Gasteiger partial charge in [-0.15, -0.1) is 0 Å². The van der Waals surface area contributed by atoms with Gasteiger partial charge in [-0.25, -0.2) is 29.1 Å². The van der Waals surface area contributed by atoms with Crippen LogP contribution in [0, 0.1) is 17.8 Å². The van der Waals surface area contributed by atoms with E-state index in [9.17, 15) is 38.4 Å². The zero-order valence-electron chi connectivity index (χ0n) is 72.5. The Morgan fingerprint density at radius 2 is 0.849 bits per heavy atom. The summed E-state index contributed by atoms with van der Waals surface area (Å²) in [6.45, 7) is 18.4. The van der Waals surface area contributed by atoms with Crippen LogP contribution in [0.2, 0.25) is 0 Å². The number of aromatic amines is 2. The molecule has 12 atom stereocenters. The number of carbonyl (C=O) groups excluding carboxylic acids is 8. The van der Waals surface area contributed by atoms with E-state index in [2.05, 4.69) is 182 Å². The van der Waals surface area contributed by atoms with Crippen molar-refractivity contribution in [1.29, 1.82) is 0 Å². The Kier molecular flexibility index (Phi) is 28.4. The average Bonchev–Trinajstić information content (AvgIpc) is 1.60. The fraction of sp³-hybridized carbons (Fsp3) is 0.458. The molecule has 9 heterocycles. The molecule has 6 aromatic carbocycles. The molecule has 28 nitrogen and oxygen atoms in total. The van der Waals surface area contributed by atoms with Crippen molar-refractivity contribution in [3.8, 4) is 33.6 Å². The second-order valence-electron chi connectivity index (χ2n) is 35.2. The molecule has 5 saturated heterocycles. The summed E-state index contributed by atoms with van der Waals surface area (Å²) in [6, 6.07) is 39.6. The van der Waals surface area contributed by atoms with E-state index >= 15 is 0 Å². The fourth-order valence-electron chi connectivity index (χ4n) is 19.2. The lowest BCUT2D eigenvalue weighted by atomic mass is 9.78. The smallest absolute Gasteiger partial charge is 0.453 e. The first kappa shape index (κ1) is 92.2. The Balaban J connectivity index is 0.000000173. The SMILES string of the molecule is C.C.COC(=O)N[C@@H](C)C(=O)N1CCC[C@H]1c1ncc(-c2ccc(Br)cc2)[nH]1.COC(=O)N[C@@H](C)C(=O)N1[C@@H]2CC[C@@H](C2)[C@H]1C1=NC=C(c2ccc3cc(-c4ccc(-c5cnc([C@@H]6CCCN6C(=O)[C@@H](NC(=O)OC)C(C)C)[nH]5)cc4)ccc3c2)C1.COC(=O)N[C@@H](C)C(=O)N1[C@@H]2CC[C@@H](C2)[C@H]1C1=NC=C(c2ccc3cc(B4OC(C)(C)C(C)(C)O4)ccc3c2)C1. The molecular weight excluding hydrogens is 1660 g/mol. The summed E-state index contributed by atoms with van der Waals surface area (Å²) in [4.78, 5) is 133. The number of piperidine rings is 2. The van der Waals surface area contributed by atoms with Gasteiger partial charge in [-0.1, -0.05) is 136 Å². The molecule has 2 aromatic heterocycles. The molecule has 0 spiro atoms. The Morgan fingerprint density at radius 1 is 0.468 bits per heavy atom. The van der Waals surface area contributed by atoms with Crippen molar-refractivity contribution >= 4 is 121 Å². The number of alkyl carbamates (subject to hydrolysis) is 4. The van der Waals surface area contributed by atoms with Gasteiger partial charge in [-0.05, 0) is 232 Å². The fourth-order valence-corrected chi connectivity index (χ4v) is 19.4. The summed E-state index contributed by atoms with van der Waals surface area (Å²) >= 11 is 3.43. The number of allylic oxidation sites excluding steroid dienone is 2. The molecule has 30 heteroatoms. The number of carbonyl (C=O) groups is 8. The molecule has 126 heavy (non-hydrogen) atoms. The van der Waals surface area contributed by atoms with Crippen molar-refractivity contribution in [3.05, 3.63) is 173 Å². The lowest BCUT2D eigenvalue weighted by molar-refractivity contribution is -0.136. The summed E-state index contributed by atoms with van der Waals surface area (Å²) in [7, 11) is 4.79. The standard InChI is InChI=1S/C45H51N7O6.C31H38BN3O5.C18H21BrN4O3.2CH4/c1-25(2)39(50-45(56)58-5)43(54)51-18-6-7-38(51)41-47-24-37(49-41)28-10-8-27(9-11-28)29-12-13-31-20-32(15-14-30(31)19-29)34-22-36(46-23-34)40-33-16-17-35(21-33)52(40)42(53)26(3)48-44(55)57-4;1-18(34-29(37)38-6)28(36)35-25-12-10-22(15-25)27(35)26-16-23(17-33-26)20-7-8-21-14-24(11-9-19(21)13-20)32-39-30(2,3)31(4,5)40-32;1-11(21-18(25)26-2)17(24)23-9-3-4-15(23)16-20-10-14(22-16)12-5-7-13(19)8-6-12;;/h8-15,19-20,23-26,33,35,38-40H,6-7,16-18,21-22H2,1-5H3,(H,47,49)(H,48,55)(H,50,56);7-9,11,13-14,17-18,22,25,27H,10,12,15-16H2,1-6H3,(H,34,37);5-8,10-11,15H,3-4,9H2,1-2H3,(H,20,22)(H,21,25);2*1H4/t26-,33-,35+,38-,39-,40-;18-,22-,25+,27-;11-,15-;;/m000../s1. The zero-order valence-corrected chi connectivity index (χ0v) is 74.1. The predicted molar refractivity (Wildman–Crippen MR) is 492 cm³/mol. The first-order chi connectivity index (χ1) is 59.5. The number of hydrogen-bond donors (Lipinski definition) is 6. The van der Waals surface area contributed by atoms with Crippen molar-refractivity contribution in [1.82, 2.24) is 60.8 Å². The number of benzene rings is 6. The highest BCUT2D eigenvalue weighted by molar-refractivity contribution is 9.10. The van der Waals surface area contributed by atoms with Crippen LogP contribution in [0.25, 0.3) is 66.3 Å². The highest BCUT2D eigenvalue weighted by atomic mass is 79.9. The Labute approximate surface area is 745 Å². The number of amides is 8. The molecule has 7 aliphatic heterocycles. The average molecular weight is 1780 g/mol. The van der Waals surface area contributed by atoms with Gasteiger partial charge in [0.05, 0.1) is 87.6 Å². The number of imidazole rings is 2.